The van der Waals surface area contributed by atoms with E-state index in [0.29, 0.717) is 12.3 Å². The Hall–Kier alpha value is -0.810. The molecule has 0 aliphatic rings. The summed E-state index contributed by atoms with van der Waals surface area (Å²) in [6.07, 6.45) is 3.62. The minimum Gasteiger partial charge on any atom is -0.409 e. The van der Waals surface area contributed by atoms with Crippen molar-refractivity contribution in [3.63, 3.8) is 0 Å². The van der Waals surface area contributed by atoms with Crippen molar-refractivity contribution in [1.82, 2.24) is 5.32 Å². The molecule has 0 spiro atoms. The summed E-state index contributed by atoms with van der Waals surface area (Å²) in [6.45, 7) is 4.14. The van der Waals surface area contributed by atoms with Crippen molar-refractivity contribution in [3.05, 3.63) is 0 Å². The largest absolute Gasteiger partial charge is 0.409 e. The van der Waals surface area contributed by atoms with Gasteiger partial charge in [-0.2, -0.15) is 0 Å². The van der Waals surface area contributed by atoms with Crippen LogP contribution >= 0.6 is 0 Å². The first-order chi connectivity index (χ1) is 7.20. The summed E-state index contributed by atoms with van der Waals surface area (Å²) in [5, 5.41) is 23.2. The number of hydrogen-bond donors (Lipinski definition) is 4. The molecule has 1 unspecified atom stereocenters. The van der Waals surface area contributed by atoms with Crippen molar-refractivity contribution in [3.8, 4) is 0 Å². The third-order valence-corrected chi connectivity index (χ3v) is 2.28. The zero-order chi connectivity index (χ0) is 11.5. The molecule has 0 aromatic heterocycles. The summed E-state index contributed by atoms with van der Waals surface area (Å²) in [5.74, 6) is 0.676. The van der Waals surface area contributed by atoms with Crippen LogP contribution in [0, 0.1) is 5.92 Å². The first-order valence-electron chi connectivity index (χ1n) is 5.48. The van der Waals surface area contributed by atoms with Gasteiger partial charge in [0.2, 0.25) is 0 Å². The summed E-state index contributed by atoms with van der Waals surface area (Å²) >= 11 is 0. The van der Waals surface area contributed by atoms with Crippen LogP contribution in [0.15, 0.2) is 5.16 Å². The van der Waals surface area contributed by atoms with E-state index in [1.807, 2.05) is 6.92 Å². The van der Waals surface area contributed by atoms with Gasteiger partial charge in [0.1, 0.15) is 5.84 Å². The molecule has 0 saturated carbocycles. The minimum atomic E-state index is 0.267. The van der Waals surface area contributed by atoms with Crippen molar-refractivity contribution >= 4 is 5.84 Å². The summed E-state index contributed by atoms with van der Waals surface area (Å²) in [6, 6.07) is 0. The predicted molar refractivity (Wildman–Crippen MR) is 61.0 cm³/mol. The molecule has 0 bridgehead atoms. The topological polar surface area (TPSA) is 90.9 Å². The maximum Gasteiger partial charge on any atom is 0.139 e. The molecule has 0 aromatic rings. The molecule has 0 radical (unpaired) electrons. The number of hydrogen-bond acceptors (Lipinski definition) is 4. The van der Waals surface area contributed by atoms with Gasteiger partial charge in [-0.05, 0) is 38.3 Å². The molecule has 90 valence electrons. The zero-order valence-electron chi connectivity index (χ0n) is 9.45. The van der Waals surface area contributed by atoms with E-state index in [1.54, 1.807) is 0 Å². The summed E-state index contributed by atoms with van der Waals surface area (Å²) in [5.41, 5.74) is 5.32. The number of aliphatic hydroxyl groups is 1. The van der Waals surface area contributed by atoms with Gasteiger partial charge in [-0.15, -0.1) is 0 Å². The first-order valence-corrected chi connectivity index (χ1v) is 5.48. The maximum atomic E-state index is 8.79. The van der Waals surface area contributed by atoms with Gasteiger partial charge in [-0.25, -0.2) is 0 Å². The van der Waals surface area contributed by atoms with Gasteiger partial charge in [0, 0.05) is 13.0 Å². The lowest BCUT2D eigenvalue weighted by Crippen LogP contribution is -2.20. The molecule has 15 heavy (non-hydrogen) atoms. The van der Waals surface area contributed by atoms with Crippen molar-refractivity contribution in [2.24, 2.45) is 16.8 Å². The van der Waals surface area contributed by atoms with E-state index in [-0.39, 0.29) is 12.4 Å². The van der Waals surface area contributed by atoms with E-state index in [9.17, 15) is 0 Å². The molecular formula is C10H23N3O2. The molecule has 1 atom stereocenters. The third kappa shape index (κ3) is 9.49. The number of rotatable bonds is 9. The van der Waals surface area contributed by atoms with Gasteiger partial charge >= 0.3 is 0 Å². The lowest BCUT2D eigenvalue weighted by atomic mass is 10.1. The SMILES string of the molecule is CC(CO)CCCNCCCC(N)=NO. The molecule has 0 aliphatic heterocycles. The Morgan fingerprint density at radius 2 is 2.07 bits per heavy atom. The van der Waals surface area contributed by atoms with Crippen LogP contribution in [0.1, 0.15) is 32.6 Å². The molecule has 0 amide bonds. The fourth-order valence-corrected chi connectivity index (χ4v) is 1.24. The van der Waals surface area contributed by atoms with Crippen LogP contribution < -0.4 is 11.1 Å². The maximum absolute atomic E-state index is 8.79. The van der Waals surface area contributed by atoms with E-state index >= 15 is 0 Å². The zero-order valence-corrected chi connectivity index (χ0v) is 9.45. The highest BCUT2D eigenvalue weighted by Gasteiger charge is 1.98. The lowest BCUT2D eigenvalue weighted by molar-refractivity contribution is 0.228. The van der Waals surface area contributed by atoms with Gasteiger partial charge in [-0.1, -0.05) is 12.1 Å². The van der Waals surface area contributed by atoms with E-state index in [0.717, 1.165) is 32.4 Å². The summed E-state index contributed by atoms with van der Waals surface area (Å²) in [4.78, 5) is 0. The molecule has 0 aliphatic carbocycles. The fraction of sp³-hybridized carbons (Fsp3) is 0.900. The van der Waals surface area contributed by atoms with E-state index in [1.165, 1.54) is 0 Å². The molecule has 0 fully saturated rings. The quantitative estimate of drug-likeness (QED) is 0.149. The van der Waals surface area contributed by atoms with Crippen molar-refractivity contribution in [1.29, 1.82) is 0 Å². The molecule has 5 heteroatoms. The molecule has 0 rings (SSSR count). The van der Waals surface area contributed by atoms with E-state index in [4.69, 9.17) is 16.0 Å². The highest BCUT2D eigenvalue weighted by atomic mass is 16.4. The smallest absolute Gasteiger partial charge is 0.139 e. The first kappa shape index (κ1) is 14.2. The van der Waals surface area contributed by atoms with Crippen molar-refractivity contribution in [2.75, 3.05) is 19.7 Å². The Kier molecular flexibility index (Phi) is 9.21. The number of oxime groups is 1. The van der Waals surface area contributed by atoms with Crippen LogP contribution in [0.3, 0.4) is 0 Å². The molecule has 0 aromatic carbocycles. The van der Waals surface area contributed by atoms with E-state index < -0.39 is 0 Å². The standard InChI is InChI=1S/C10H23N3O2/c1-9(8-14)4-2-6-12-7-3-5-10(11)13-15/h9,12,14-15H,2-8H2,1H3,(H2,11,13). The Bertz CT molecular complexity index is 174. The van der Waals surface area contributed by atoms with Gasteiger partial charge in [0.05, 0.1) is 0 Å². The molecular weight excluding hydrogens is 194 g/mol. The van der Waals surface area contributed by atoms with Crippen molar-refractivity contribution < 1.29 is 10.3 Å². The Morgan fingerprint density at radius 1 is 1.40 bits per heavy atom. The summed E-state index contributed by atoms with van der Waals surface area (Å²) in [7, 11) is 0. The van der Waals surface area contributed by atoms with Crippen LogP contribution in [-0.2, 0) is 0 Å². The molecule has 0 heterocycles. The normalized spacial score (nSPS) is 14.1. The highest BCUT2D eigenvalue weighted by molar-refractivity contribution is 5.79. The number of nitrogens with two attached hydrogens (primary N) is 1. The second kappa shape index (κ2) is 9.73. The number of aliphatic hydroxyl groups excluding tert-OH is 1. The van der Waals surface area contributed by atoms with Crippen LogP contribution in [0.4, 0.5) is 0 Å². The van der Waals surface area contributed by atoms with Crippen molar-refractivity contribution in [2.45, 2.75) is 32.6 Å². The molecule has 5 N–H and O–H groups in total. The Balaban J connectivity index is 3.12. The van der Waals surface area contributed by atoms with Crippen LogP contribution in [0.2, 0.25) is 0 Å². The Labute approximate surface area is 91.4 Å². The number of nitrogens with zero attached hydrogens (tertiary/aromatic N) is 1. The number of amidine groups is 1. The van der Waals surface area contributed by atoms with Crippen LogP contribution in [0.5, 0.6) is 0 Å². The van der Waals surface area contributed by atoms with Gasteiger partial charge < -0.3 is 21.4 Å². The number of nitrogens with one attached hydrogen (secondary N) is 1. The van der Waals surface area contributed by atoms with E-state index in [2.05, 4.69) is 10.5 Å². The van der Waals surface area contributed by atoms with Gasteiger partial charge in [0.25, 0.3) is 0 Å². The molecule has 5 nitrogen and oxygen atoms in total. The highest BCUT2D eigenvalue weighted by Crippen LogP contribution is 2.02. The second-order valence-corrected chi connectivity index (χ2v) is 3.87. The predicted octanol–water partition coefficient (Wildman–Crippen LogP) is 0.511. The average molecular weight is 217 g/mol. The van der Waals surface area contributed by atoms with Gasteiger partial charge in [-0.3, -0.25) is 0 Å². The Morgan fingerprint density at radius 3 is 2.67 bits per heavy atom. The lowest BCUT2D eigenvalue weighted by Gasteiger charge is -2.07. The molecule has 0 saturated heterocycles. The second-order valence-electron chi connectivity index (χ2n) is 3.87. The van der Waals surface area contributed by atoms with Gasteiger partial charge in [0.15, 0.2) is 0 Å². The summed E-state index contributed by atoms with van der Waals surface area (Å²) < 4.78 is 0. The average Bonchev–Trinajstić information content (AvgIpc) is 2.26. The van der Waals surface area contributed by atoms with Crippen LogP contribution in [0.25, 0.3) is 0 Å². The fourth-order valence-electron chi connectivity index (χ4n) is 1.24. The minimum absolute atomic E-state index is 0.267. The monoisotopic (exact) mass is 217 g/mol. The third-order valence-electron chi connectivity index (χ3n) is 2.28. The van der Waals surface area contributed by atoms with Crippen LogP contribution in [-0.4, -0.2) is 35.8 Å².